The van der Waals surface area contributed by atoms with Gasteiger partial charge in [-0.1, -0.05) is 13.5 Å². The molecular weight excluding hydrogens is 127 g/mol. The topological polar surface area (TPSA) is 29.5 Å². The summed E-state index contributed by atoms with van der Waals surface area (Å²) in [5, 5.41) is 9.22. The first-order chi connectivity index (χ1) is 4.66. The zero-order valence-corrected chi connectivity index (χ0v) is 6.08. The standard InChI is InChI=1S/C7H11BO2/c1-3-5-4(2)6(9)7(8)10-5/h5-7,9H,2-3H2,1H3/t5-,6+,7-/m0/s1. The van der Waals surface area contributed by atoms with Crippen LogP contribution in [0.1, 0.15) is 13.3 Å². The molecule has 1 heterocycles. The molecule has 2 nitrogen and oxygen atoms in total. The van der Waals surface area contributed by atoms with Crippen molar-refractivity contribution in [2.24, 2.45) is 0 Å². The molecule has 54 valence electrons. The molecule has 1 fully saturated rings. The lowest BCUT2D eigenvalue weighted by atomic mass is 9.92. The Morgan fingerprint density at radius 2 is 2.40 bits per heavy atom. The minimum atomic E-state index is -0.676. The third-order valence-corrected chi connectivity index (χ3v) is 1.80. The molecule has 1 N–H and O–H groups in total. The van der Waals surface area contributed by atoms with E-state index < -0.39 is 12.1 Å². The highest BCUT2D eigenvalue weighted by atomic mass is 16.5. The number of aliphatic hydroxyl groups excluding tert-OH is 1. The Bertz CT molecular complexity index is 147. The summed E-state index contributed by atoms with van der Waals surface area (Å²) in [5.74, 6) is 0. The van der Waals surface area contributed by atoms with E-state index in [4.69, 9.17) is 12.6 Å². The molecule has 0 aliphatic carbocycles. The second-order valence-corrected chi connectivity index (χ2v) is 2.52. The van der Waals surface area contributed by atoms with Crippen LogP contribution in [0.4, 0.5) is 0 Å². The van der Waals surface area contributed by atoms with E-state index in [-0.39, 0.29) is 6.10 Å². The maximum Gasteiger partial charge on any atom is 0.113 e. The van der Waals surface area contributed by atoms with Crippen LogP contribution in [0.25, 0.3) is 0 Å². The van der Waals surface area contributed by atoms with Gasteiger partial charge in [0.2, 0.25) is 0 Å². The Morgan fingerprint density at radius 1 is 1.80 bits per heavy atom. The maximum atomic E-state index is 9.22. The number of hydrogen-bond acceptors (Lipinski definition) is 2. The van der Waals surface area contributed by atoms with Gasteiger partial charge in [-0.05, 0) is 12.0 Å². The van der Waals surface area contributed by atoms with Crippen LogP contribution in [-0.4, -0.2) is 31.2 Å². The molecular formula is C7H11BO2. The SMILES string of the molecule is [B][C@H]1O[C@@H](CC)C(=C)[C@H]1O. The second kappa shape index (κ2) is 2.76. The number of rotatable bonds is 1. The smallest absolute Gasteiger partial charge is 0.113 e. The Kier molecular flexibility index (Phi) is 2.16. The summed E-state index contributed by atoms with van der Waals surface area (Å²) < 4.78 is 5.16. The van der Waals surface area contributed by atoms with Crippen LogP contribution >= 0.6 is 0 Å². The largest absolute Gasteiger partial charge is 0.387 e. The van der Waals surface area contributed by atoms with Crippen LogP contribution in [0.3, 0.4) is 0 Å². The average molecular weight is 138 g/mol. The van der Waals surface area contributed by atoms with Crippen molar-refractivity contribution in [3.63, 3.8) is 0 Å². The van der Waals surface area contributed by atoms with Gasteiger partial charge in [0.25, 0.3) is 0 Å². The molecule has 10 heavy (non-hydrogen) atoms. The minimum absolute atomic E-state index is 0.0509. The highest BCUT2D eigenvalue weighted by Gasteiger charge is 2.32. The van der Waals surface area contributed by atoms with Crippen molar-refractivity contribution in [2.75, 3.05) is 0 Å². The van der Waals surface area contributed by atoms with Gasteiger partial charge in [0, 0.05) is 6.00 Å². The highest BCUT2D eigenvalue weighted by Crippen LogP contribution is 2.24. The fraction of sp³-hybridized carbons (Fsp3) is 0.714. The molecule has 0 aromatic rings. The number of ether oxygens (including phenoxy) is 1. The summed E-state index contributed by atoms with van der Waals surface area (Å²) >= 11 is 0. The molecule has 1 aliphatic heterocycles. The highest BCUT2D eigenvalue weighted by molar-refractivity contribution is 6.12. The zero-order chi connectivity index (χ0) is 7.72. The average Bonchev–Trinajstić information content (AvgIpc) is 2.17. The molecule has 0 aromatic carbocycles. The number of aliphatic hydroxyl groups is 1. The number of hydrogen-bond donors (Lipinski definition) is 1. The van der Waals surface area contributed by atoms with Crippen LogP contribution in [0.5, 0.6) is 0 Å². The first-order valence-electron chi connectivity index (χ1n) is 3.44. The van der Waals surface area contributed by atoms with Gasteiger partial charge < -0.3 is 9.84 Å². The summed E-state index contributed by atoms with van der Waals surface area (Å²) in [4.78, 5) is 0. The second-order valence-electron chi connectivity index (χ2n) is 2.52. The Balaban J connectivity index is 2.62. The fourth-order valence-corrected chi connectivity index (χ4v) is 1.11. The van der Waals surface area contributed by atoms with Gasteiger partial charge in [-0.3, -0.25) is 0 Å². The first-order valence-corrected chi connectivity index (χ1v) is 3.44. The molecule has 3 atom stereocenters. The van der Waals surface area contributed by atoms with Crippen molar-refractivity contribution in [2.45, 2.75) is 31.6 Å². The summed E-state index contributed by atoms with van der Waals surface area (Å²) in [6.45, 7) is 5.66. The van der Waals surface area contributed by atoms with Crippen molar-refractivity contribution in [3.8, 4) is 0 Å². The van der Waals surface area contributed by atoms with Crippen molar-refractivity contribution < 1.29 is 9.84 Å². The molecule has 2 radical (unpaired) electrons. The van der Waals surface area contributed by atoms with Crippen LogP contribution in [-0.2, 0) is 4.74 Å². The third-order valence-electron chi connectivity index (χ3n) is 1.80. The molecule has 3 heteroatoms. The Hall–Kier alpha value is -0.275. The van der Waals surface area contributed by atoms with Crippen LogP contribution < -0.4 is 0 Å². The Morgan fingerprint density at radius 3 is 2.60 bits per heavy atom. The van der Waals surface area contributed by atoms with E-state index in [1.54, 1.807) is 0 Å². The van der Waals surface area contributed by atoms with E-state index in [2.05, 4.69) is 6.58 Å². The van der Waals surface area contributed by atoms with E-state index >= 15 is 0 Å². The summed E-state index contributed by atoms with van der Waals surface area (Å²) in [6, 6.07) is -0.572. The summed E-state index contributed by atoms with van der Waals surface area (Å²) in [7, 11) is 5.40. The monoisotopic (exact) mass is 138 g/mol. The molecule has 1 saturated heterocycles. The van der Waals surface area contributed by atoms with Gasteiger partial charge in [0.15, 0.2) is 0 Å². The predicted molar refractivity (Wildman–Crippen MR) is 39.9 cm³/mol. The maximum absolute atomic E-state index is 9.22. The van der Waals surface area contributed by atoms with Gasteiger partial charge in [-0.2, -0.15) is 0 Å². The van der Waals surface area contributed by atoms with Gasteiger partial charge in [-0.15, -0.1) is 0 Å². The van der Waals surface area contributed by atoms with E-state index in [1.807, 2.05) is 6.92 Å². The lowest BCUT2D eigenvalue weighted by molar-refractivity contribution is 0.0593. The fourth-order valence-electron chi connectivity index (χ4n) is 1.11. The zero-order valence-electron chi connectivity index (χ0n) is 6.08. The first kappa shape index (κ1) is 7.83. The molecule has 0 bridgehead atoms. The van der Waals surface area contributed by atoms with Gasteiger partial charge in [-0.25, -0.2) is 0 Å². The van der Waals surface area contributed by atoms with Crippen LogP contribution in [0, 0.1) is 0 Å². The lowest BCUT2D eigenvalue weighted by Crippen LogP contribution is -2.21. The van der Waals surface area contributed by atoms with Crippen molar-refractivity contribution in [1.29, 1.82) is 0 Å². The van der Waals surface area contributed by atoms with Crippen LogP contribution in [0.15, 0.2) is 12.2 Å². The van der Waals surface area contributed by atoms with E-state index in [1.165, 1.54) is 0 Å². The lowest BCUT2D eigenvalue weighted by Gasteiger charge is -2.06. The van der Waals surface area contributed by atoms with E-state index in [9.17, 15) is 5.11 Å². The molecule has 1 aliphatic rings. The minimum Gasteiger partial charge on any atom is -0.387 e. The predicted octanol–water partition coefficient (Wildman–Crippen LogP) is 0.207. The molecule has 0 saturated carbocycles. The quantitative estimate of drug-likeness (QED) is 0.414. The Labute approximate surface area is 62.3 Å². The molecule has 0 spiro atoms. The van der Waals surface area contributed by atoms with Crippen molar-refractivity contribution in [3.05, 3.63) is 12.2 Å². The van der Waals surface area contributed by atoms with E-state index in [0.29, 0.717) is 5.57 Å². The molecule has 1 rings (SSSR count). The molecule has 0 unspecified atom stereocenters. The molecule has 0 aromatic heterocycles. The van der Waals surface area contributed by atoms with Crippen molar-refractivity contribution >= 4 is 7.85 Å². The normalized spacial score (nSPS) is 40.6. The van der Waals surface area contributed by atoms with Gasteiger partial charge in [0.05, 0.1) is 12.2 Å². The van der Waals surface area contributed by atoms with Crippen molar-refractivity contribution in [1.82, 2.24) is 0 Å². The van der Waals surface area contributed by atoms with E-state index in [0.717, 1.165) is 6.42 Å². The van der Waals surface area contributed by atoms with Gasteiger partial charge in [0.1, 0.15) is 7.85 Å². The van der Waals surface area contributed by atoms with Crippen LogP contribution in [0.2, 0.25) is 0 Å². The van der Waals surface area contributed by atoms with Gasteiger partial charge >= 0.3 is 0 Å². The summed E-state index contributed by atoms with van der Waals surface area (Å²) in [5.41, 5.74) is 0.704. The molecule has 0 amide bonds. The third kappa shape index (κ3) is 1.11. The summed E-state index contributed by atoms with van der Waals surface area (Å²) in [6.07, 6.45) is 0.0961.